The van der Waals surface area contributed by atoms with Crippen molar-refractivity contribution in [2.75, 3.05) is 21.3 Å². The first kappa shape index (κ1) is 15.8. The van der Waals surface area contributed by atoms with Crippen molar-refractivity contribution in [2.45, 2.75) is 19.4 Å². The Kier molecular flexibility index (Phi) is 5.83. The third kappa shape index (κ3) is 4.46. The molecule has 20 heavy (non-hydrogen) atoms. The van der Waals surface area contributed by atoms with Crippen LogP contribution < -0.4 is 9.47 Å². The summed E-state index contributed by atoms with van der Waals surface area (Å²) in [6.45, 7) is 0.388. The van der Waals surface area contributed by atoms with Gasteiger partial charge in [-0.05, 0) is 17.7 Å². The first-order chi connectivity index (χ1) is 9.47. The van der Waals surface area contributed by atoms with Crippen LogP contribution in [0.25, 0.3) is 0 Å². The Labute approximate surface area is 117 Å². The van der Waals surface area contributed by atoms with Gasteiger partial charge in [-0.25, -0.2) is 0 Å². The number of methoxy groups -OCH3 is 2. The van der Waals surface area contributed by atoms with E-state index >= 15 is 0 Å². The van der Waals surface area contributed by atoms with Gasteiger partial charge in [0, 0.05) is 20.0 Å². The van der Waals surface area contributed by atoms with Gasteiger partial charge in [0.05, 0.1) is 20.6 Å². The fourth-order valence-corrected chi connectivity index (χ4v) is 1.75. The molecule has 0 aliphatic carbocycles. The number of amides is 1. The Hall–Kier alpha value is -2.24. The number of rotatable bonds is 7. The fraction of sp³-hybridized carbons (Fsp3) is 0.429. The van der Waals surface area contributed by atoms with Gasteiger partial charge >= 0.3 is 5.97 Å². The first-order valence-corrected chi connectivity index (χ1v) is 6.14. The molecular formula is C14H19NO5. The summed E-state index contributed by atoms with van der Waals surface area (Å²) >= 11 is 0. The molecule has 0 radical (unpaired) electrons. The molecule has 0 aromatic heterocycles. The smallest absolute Gasteiger partial charge is 0.303 e. The maximum atomic E-state index is 11.7. The van der Waals surface area contributed by atoms with Gasteiger partial charge in [0.1, 0.15) is 0 Å². The van der Waals surface area contributed by atoms with Crippen molar-refractivity contribution >= 4 is 11.9 Å². The molecule has 6 nitrogen and oxygen atoms in total. The molecule has 6 heteroatoms. The lowest BCUT2D eigenvalue weighted by atomic mass is 10.2. The second kappa shape index (κ2) is 7.37. The monoisotopic (exact) mass is 281 g/mol. The minimum Gasteiger partial charge on any atom is -0.493 e. The molecule has 0 heterocycles. The Balaban J connectivity index is 2.68. The first-order valence-electron chi connectivity index (χ1n) is 6.14. The van der Waals surface area contributed by atoms with Crippen molar-refractivity contribution in [1.29, 1.82) is 0 Å². The minimum atomic E-state index is -0.974. The number of hydrogen-bond acceptors (Lipinski definition) is 4. The van der Waals surface area contributed by atoms with Gasteiger partial charge < -0.3 is 19.5 Å². The number of hydrogen-bond donors (Lipinski definition) is 1. The predicted octanol–water partition coefficient (Wildman–Crippen LogP) is 1.53. The van der Waals surface area contributed by atoms with Crippen LogP contribution in [-0.4, -0.2) is 43.2 Å². The van der Waals surface area contributed by atoms with E-state index in [4.69, 9.17) is 14.6 Å². The number of benzene rings is 1. The van der Waals surface area contributed by atoms with Crippen molar-refractivity contribution in [1.82, 2.24) is 4.90 Å². The molecule has 0 bridgehead atoms. The SMILES string of the molecule is COc1ccc(CN(C)C(=O)CCC(=O)O)cc1OC. The van der Waals surface area contributed by atoms with Crippen LogP contribution in [0.15, 0.2) is 18.2 Å². The zero-order valence-electron chi connectivity index (χ0n) is 11.9. The lowest BCUT2D eigenvalue weighted by molar-refractivity contribution is -0.140. The Morgan fingerprint density at radius 2 is 1.80 bits per heavy atom. The molecule has 0 unspecified atom stereocenters. The maximum Gasteiger partial charge on any atom is 0.303 e. The maximum absolute atomic E-state index is 11.7. The number of carbonyl (C=O) groups is 2. The number of nitrogens with zero attached hydrogens (tertiary/aromatic N) is 1. The van der Waals surface area contributed by atoms with Crippen molar-refractivity contribution < 1.29 is 24.2 Å². The average Bonchev–Trinajstić information content (AvgIpc) is 2.44. The highest BCUT2D eigenvalue weighted by Crippen LogP contribution is 2.27. The quantitative estimate of drug-likeness (QED) is 0.820. The Morgan fingerprint density at radius 1 is 1.15 bits per heavy atom. The van der Waals surface area contributed by atoms with Crippen LogP contribution in [0.2, 0.25) is 0 Å². The van der Waals surface area contributed by atoms with Crippen LogP contribution >= 0.6 is 0 Å². The van der Waals surface area contributed by atoms with Gasteiger partial charge in [0.2, 0.25) is 5.91 Å². The molecule has 1 amide bonds. The van der Waals surface area contributed by atoms with E-state index in [1.165, 1.54) is 4.90 Å². The van der Waals surface area contributed by atoms with Crippen LogP contribution in [0.5, 0.6) is 11.5 Å². The van der Waals surface area contributed by atoms with Gasteiger partial charge in [-0.2, -0.15) is 0 Å². The molecule has 1 aromatic carbocycles. The van der Waals surface area contributed by atoms with E-state index < -0.39 is 5.97 Å². The Bertz CT molecular complexity index is 486. The van der Waals surface area contributed by atoms with Gasteiger partial charge in [-0.3, -0.25) is 9.59 Å². The molecular weight excluding hydrogens is 262 g/mol. The van der Waals surface area contributed by atoms with Gasteiger partial charge in [-0.15, -0.1) is 0 Å². The van der Waals surface area contributed by atoms with Crippen LogP contribution in [0.1, 0.15) is 18.4 Å². The van der Waals surface area contributed by atoms with E-state index in [0.29, 0.717) is 18.0 Å². The number of carboxylic acid groups (broad SMARTS) is 1. The molecule has 0 saturated heterocycles. The van der Waals surface area contributed by atoms with E-state index in [1.807, 2.05) is 6.07 Å². The largest absolute Gasteiger partial charge is 0.493 e. The molecule has 0 spiro atoms. The van der Waals surface area contributed by atoms with Gasteiger partial charge in [-0.1, -0.05) is 6.07 Å². The average molecular weight is 281 g/mol. The van der Waals surface area contributed by atoms with E-state index in [9.17, 15) is 9.59 Å². The number of ether oxygens (including phenoxy) is 2. The summed E-state index contributed by atoms with van der Waals surface area (Å²) in [5, 5.41) is 8.56. The standard InChI is InChI=1S/C14H19NO5/c1-15(13(16)6-7-14(17)18)9-10-4-5-11(19-2)12(8-10)20-3/h4-5,8H,6-7,9H2,1-3H3,(H,17,18). The van der Waals surface area contributed by atoms with Crippen LogP contribution in [-0.2, 0) is 16.1 Å². The zero-order chi connectivity index (χ0) is 15.1. The molecule has 1 rings (SSSR count). The summed E-state index contributed by atoms with van der Waals surface area (Å²) in [4.78, 5) is 23.7. The van der Waals surface area contributed by atoms with Gasteiger partial charge in [0.25, 0.3) is 0 Å². The second-order valence-corrected chi connectivity index (χ2v) is 4.33. The van der Waals surface area contributed by atoms with Crippen LogP contribution in [0, 0.1) is 0 Å². The van der Waals surface area contributed by atoms with E-state index in [1.54, 1.807) is 33.4 Å². The lowest BCUT2D eigenvalue weighted by Gasteiger charge is -2.18. The summed E-state index contributed by atoms with van der Waals surface area (Å²) in [7, 11) is 4.74. The predicted molar refractivity (Wildman–Crippen MR) is 72.9 cm³/mol. The third-order valence-corrected chi connectivity index (χ3v) is 2.85. The Morgan fingerprint density at radius 3 is 2.35 bits per heavy atom. The number of carboxylic acids is 1. The molecule has 0 aliphatic rings. The third-order valence-electron chi connectivity index (χ3n) is 2.85. The van der Waals surface area contributed by atoms with Crippen molar-refractivity contribution in [2.24, 2.45) is 0 Å². The highest BCUT2D eigenvalue weighted by Gasteiger charge is 2.12. The van der Waals surface area contributed by atoms with Crippen LogP contribution in [0.3, 0.4) is 0 Å². The molecule has 1 aromatic rings. The summed E-state index contributed by atoms with van der Waals surface area (Å²) in [5.41, 5.74) is 0.883. The molecule has 0 aliphatic heterocycles. The van der Waals surface area contributed by atoms with Crippen molar-refractivity contribution in [3.8, 4) is 11.5 Å². The van der Waals surface area contributed by atoms with Gasteiger partial charge in [0.15, 0.2) is 11.5 Å². The molecule has 0 fully saturated rings. The normalized spacial score (nSPS) is 9.95. The lowest BCUT2D eigenvalue weighted by Crippen LogP contribution is -2.26. The summed E-state index contributed by atoms with van der Waals surface area (Å²) in [5.74, 6) is 0.0348. The van der Waals surface area contributed by atoms with E-state index in [2.05, 4.69) is 0 Å². The molecule has 1 N–H and O–H groups in total. The van der Waals surface area contributed by atoms with Crippen molar-refractivity contribution in [3.63, 3.8) is 0 Å². The number of carbonyl (C=O) groups excluding carboxylic acids is 1. The second-order valence-electron chi connectivity index (χ2n) is 4.33. The topological polar surface area (TPSA) is 76.1 Å². The molecule has 110 valence electrons. The minimum absolute atomic E-state index is 0.000870. The summed E-state index contributed by atoms with van der Waals surface area (Å²) < 4.78 is 10.3. The van der Waals surface area contributed by atoms with Crippen molar-refractivity contribution in [3.05, 3.63) is 23.8 Å². The van der Waals surface area contributed by atoms with Crippen LogP contribution in [0.4, 0.5) is 0 Å². The number of aliphatic carboxylic acids is 1. The summed E-state index contributed by atoms with van der Waals surface area (Å²) in [6.07, 6.45) is -0.159. The molecule has 0 saturated carbocycles. The zero-order valence-corrected chi connectivity index (χ0v) is 11.9. The van der Waals surface area contributed by atoms with E-state index in [0.717, 1.165) is 5.56 Å². The van der Waals surface area contributed by atoms with E-state index in [-0.39, 0.29) is 18.7 Å². The highest BCUT2D eigenvalue weighted by molar-refractivity contribution is 5.80. The molecule has 0 atom stereocenters. The summed E-state index contributed by atoms with van der Waals surface area (Å²) in [6, 6.07) is 5.39. The highest BCUT2D eigenvalue weighted by atomic mass is 16.5. The fourth-order valence-electron chi connectivity index (χ4n) is 1.75.